The van der Waals surface area contributed by atoms with Crippen molar-refractivity contribution < 1.29 is 18.4 Å². The molecule has 0 N–H and O–H groups in total. The smallest absolute Gasteiger partial charge is 0.419 e. The molecule has 4 heterocycles. The van der Waals surface area contributed by atoms with Gasteiger partial charge in [-0.1, -0.05) is 12.1 Å². The molecule has 5 aromatic rings. The molecule has 35 heavy (non-hydrogen) atoms. The van der Waals surface area contributed by atoms with E-state index in [1.165, 1.54) is 0 Å². The summed E-state index contributed by atoms with van der Waals surface area (Å²) in [5.41, 5.74) is 3.70. The van der Waals surface area contributed by atoms with Crippen molar-refractivity contribution >= 4 is 28.1 Å². The maximum atomic E-state index is 13.2. The minimum Gasteiger partial charge on any atom is -0.466 e. The highest BCUT2D eigenvalue weighted by atomic mass is 16.5. The molecule has 0 bridgehead atoms. The van der Waals surface area contributed by atoms with E-state index < -0.39 is 11.7 Å². The van der Waals surface area contributed by atoms with Crippen LogP contribution in [0, 0.1) is 13.8 Å². The van der Waals surface area contributed by atoms with Gasteiger partial charge < -0.3 is 13.6 Å². The van der Waals surface area contributed by atoms with Crippen LogP contribution >= 0.6 is 0 Å². The van der Waals surface area contributed by atoms with Gasteiger partial charge in [0.15, 0.2) is 11.2 Å². The van der Waals surface area contributed by atoms with Crippen LogP contribution in [0.4, 0.5) is 0 Å². The SMILES string of the molecule is Cc1cc(-c2cc(C(=O)OCCCn3c(=O)oc4ccccc43)c3cnn(C(C)C)c3n2)c(C)o1. The number of rotatable bonds is 7. The predicted molar refractivity (Wildman–Crippen MR) is 130 cm³/mol. The molecular formula is C26H26N4O5. The monoisotopic (exact) mass is 474 g/mol. The van der Waals surface area contributed by atoms with E-state index in [0.29, 0.717) is 40.8 Å². The highest BCUT2D eigenvalue weighted by molar-refractivity contribution is 6.03. The van der Waals surface area contributed by atoms with Gasteiger partial charge in [-0.05, 0) is 58.4 Å². The second kappa shape index (κ2) is 8.90. The largest absolute Gasteiger partial charge is 0.466 e. The number of hydrogen-bond donors (Lipinski definition) is 0. The number of aryl methyl sites for hydroxylation is 3. The number of nitrogens with zero attached hydrogens (tertiary/aromatic N) is 4. The zero-order valence-corrected chi connectivity index (χ0v) is 20.1. The van der Waals surface area contributed by atoms with Crippen molar-refractivity contribution in [3.63, 3.8) is 0 Å². The molecule has 0 saturated heterocycles. The summed E-state index contributed by atoms with van der Waals surface area (Å²) in [5.74, 6) is 0.596. The molecule has 0 radical (unpaired) electrons. The average Bonchev–Trinajstić information content (AvgIpc) is 3.50. The Bertz CT molecular complexity index is 1600. The lowest BCUT2D eigenvalue weighted by molar-refractivity contribution is 0.0498. The fourth-order valence-electron chi connectivity index (χ4n) is 4.28. The Labute approximate surface area is 200 Å². The number of pyridine rings is 1. The molecule has 4 aromatic heterocycles. The van der Waals surface area contributed by atoms with Crippen LogP contribution in [0.3, 0.4) is 0 Å². The molecule has 1 aromatic carbocycles. The molecule has 180 valence electrons. The van der Waals surface area contributed by atoms with Crippen molar-refractivity contribution in [2.24, 2.45) is 0 Å². The molecule has 9 heteroatoms. The van der Waals surface area contributed by atoms with Crippen LogP contribution in [0.5, 0.6) is 0 Å². The molecule has 0 aliphatic rings. The molecule has 0 fully saturated rings. The maximum Gasteiger partial charge on any atom is 0.419 e. The van der Waals surface area contributed by atoms with Gasteiger partial charge in [0.25, 0.3) is 0 Å². The number of oxazole rings is 1. The Morgan fingerprint density at radius 3 is 2.69 bits per heavy atom. The van der Waals surface area contributed by atoms with E-state index in [1.807, 2.05) is 52.0 Å². The zero-order chi connectivity index (χ0) is 24.7. The number of carbonyl (C=O) groups is 1. The summed E-state index contributed by atoms with van der Waals surface area (Å²) in [5, 5.41) is 5.07. The van der Waals surface area contributed by atoms with Gasteiger partial charge in [-0.25, -0.2) is 19.3 Å². The van der Waals surface area contributed by atoms with Gasteiger partial charge in [0, 0.05) is 18.2 Å². The van der Waals surface area contributed by atoms with E-state index in [-0.39, 0.29) is 12.6 Å². The first-order valence-electron chi connectivity index (χ1n) is 11.5. The van der Waals surface area contributed by atoms with Gasteiger partial charge in [0.05, 0.1) is 35.0 Å². The minimum atomic E-state index is -0.468. The van der Waals surface area contributed by atoms with Crippen molar-refractivity contribution in [2.75, 3.05) is 6.61 Å². The summed E-state index contributed by atoms with van der Waals surface area (Å²) in [6.07, 6.45) is 2.11. The van der Waals surface area contributed by atoms with Gasteiger partial charge in [-0.2, -0.15) is 5.10 Å². The third kappa shape index (κ3) is 4.14. The number of furan rings is 1. The molecule has 0 aliphatic carbocycles. The molecule has 0 aliphatic heterocycles. The molecule has 9 nitrogen and oxygen atoms in total. The first kappa shape index (κ1) is 22.6. The molecule has 0 unspecified atom stereocenters. The van der Waals surface area contributed by atoms with Gasteiger partial charge in [0.2, 0.25) is 0 Å². The van der Waals surface area contributed by atoms with E-state index in [9.17, 15) is 9.59 Å². The first-order chi connectivity index (χ1) is 16.8. The van der Waals surface area contributed by atoms with Crippen LogP contribution in [0.2, 0.25) is 0 Å². The van der Waals surface area contributed by atoms with Crippen LogP contribution in [-0.2, 0) is 11.3 Å². The van der Waals surface area contributed by atoms with E-state index >= 15 is 0 Å². The second-order valence-electron chi connectivity index (χ2n) is 8.78. The Morgan fingerprint density at radius 1 is 1.14 bits per heavy atom. The standard InChI is InChI=1S/C26H26N4O5/c1-15(2)30-24-20(14-27-30)19(13-21(28-24)18-12-16(3)34-17(18)4)25(31)33-11-7-10-29-22-8-5-6-9-23(22)35-26(29)32/h5-6,8-9,12-15H,7,10-11H2,1-4H3. The lowest BCUT2D eigenvalue weighted by Gasteiger charge is -2.10. The van der Waals surface area contributed by atoms with Crippen molar-refractivity contribution in [1.82, 2.24) is 19.3 Å². The van der Waals surface area contributed by atoms with Gasteiger partial charge in [0.1, 0.15) is 11.5 Å². The van der Waals surface area contributed by atoms with E-state index in [4.69, 9.17) is 18.6 Å². The van der Waals surface area contributed by atoms with Crippen LogP contribution in [0.1, 0.15) is 48.2 Å². The van der Waals surface area contributed by atoms with Crippen LogP contribution in [0.15, 0.2) is 56.2 Å². The summed E-state index contributed by atoms with van der Waals surface area (Å²) >= 11 is 0. The zero-order valence-electron chi connectivity index (χ0n) is 20.1. The molecule has 5 rings (SSSR count). The topological polar surface area (TPSA) is 105 Å². The number of benzene rings is 1. The Balaban J connectivity index is 1.40. The summed E-state index contributed by atoms with van der Waals surface area (Å²) < 4.78 is 19.9. The highest BCUT2D eigenvalue weighted by Gasteiger charge is 2.21. The molecule has 0 amide bonds. The third-order valence-electron chi connectivity index (χ3n) is 5.93. The van der Waals surface area contributed by atoms with Gasteiger partial charge in [-0.3, -0.25) is 4.57 Å². The van der Waals surface area contributed by atoms with Crippen molar-refractivity contribution in [3.05, 3.63) is 70.2 Å². The van der Waals surface area contributed by atoms with Crippen LogP contribution < -0.4 is 5.76 Å². The second-order valence-corrected chi connectivity index (χ2v) is 8.78. The molecule has 0 spiro atoms. The Hall–Kier alpha value is -4.14. The fourth-order valence-corrected chi connectivity index (χ4v) is 4.28. The lowest BCUT2D eigenvalue weighted by atomic mass is 10.1. The maximum absolute atomic E-state index is 13.2. The highest BCUT2D eigenvalue weighted by Crippen LogP contribution is 2.30. The predicted octanol–water partition coefficient (Wildman–Crippen LogP) is 5.04. The Morgan fingerprint density at radius 2 is 1.94 bits per heavy atom. The van der Waals surface area contributed by atoms with E-state index in [2.05, 4.69) is 5.10 Å². The summed E-state index contributed by atoms with van der Waals surface area (Å²) in [4.78, 5) is 30.1. The van der Waals surface area contributed by atoms with E-state index in [1.54, 1.807) is 27.6 Å². The van der Waals surface area contributed by atoms with Crippen molar-refractivity contribution in [2.45, 2.75) is 46.7 Å². The summed E-state index contributed by atoms with van der Waals surface area (Å²) in [7, 11) is 0. The summed E-state index contributed by atoms with van der Waals surface area (Å²) in [6.45, 7) is 8.27. The van der Waals surface area contributed by atoms with Crippen molar-refractivity contribution in [3.8, 4) is 11.3 Å². The number of fused-ring (bicyclic) bond motifs is 2. The molecule has 0 saturated carbocycles. The number of esters is 1. The van der Waals surface area contributed by atoms with Gasteiger partial charge >= 0.3 is 11.7 Å². The number of ether oxygens (including phenoxy) is 1. The number of para-hydroxylation sites is 2. The fraction of sp³-hybridized carbons (Fsp3) is 0.308. The van der Waals surface area contributed by atoms with Crippen LogP contribution in [0.25, 0.3) is 33.4 Å². The van der Waals surface area contributed by atoms with Crippen LogP contribution in [-0.4, -0.2) is 31.9 Å². The average molecular weight is 475 g/mol. The third-order valence-corrected chi connectivity index (χ3v) is 5.93. The summed E-state index contributed by atoms with van der Waals surface area (Å²) in [6, 6.07) is 10.9. The minimum absolute atomic E-state index is 0.0643. The Kier molecular flexibility index (Phi) is 5.76. The lowest BCUT2D eigenvalue weighted by Crippen LogP contribution is -2.16. The van der Waals surface area contributed by atoms with E-state index in [0.717, 1.165) is 22.6 Å². The first-order valence-corrected chi connectivity index (χ1v) is 11.5. The van der Waals surface area contributed by atoms with Gasteiger partial charge in [-0.15, -0.1) is 0 Å². The van der Waals surface area contributed by atoms with Crippen molar-refractivity contribution in [1.29, 1.82) is 0 Å². The quantitative estimate of drug-likeness (QED) is 0.240. The number of hydrogen-bond acceptors (Lipinski definition) is 7. The molecular weight excluding hydrogens is 448 g/mol. The number of aromatic nitrogens is 4. The molecule has 0 atom stereocenters. The number of carbonyl (C=O) groups excluding carboxylic acids is 1. The normalized spacial score (nSPS) is 11.7.